The molecule has 0 bridgehead atoms. The molecule has 1 aliphatic heterocycles. The second-order valence-electron chi connectivity index (χ2n) is 6.02. The van der Waals surface area contributed by atoms with E-state index in [1.807, 2.05) is 0 Å². The van der Waals surface area contributed by atoms with E-state index in [1.165, 1.54) is 25.3 Å². The lowest BCUT2D eigenvalue weighted by Crippen LogP contribution is -2.35. The highest BCUT2D eigenvalue weighted by Crippen LogP contribution is 2.28. The van der Waals surface area contributed by atoms with Gasteiger partial charge in [0.2, 0.25) is 5.91 Å². The van der Waals surface area contributed by atoms with Crippen LogP contribution < -0.4 is 20.7 Å². The molecular formula is C19H20FN3O3. The summed E-state index contributed by atoms with van der Waals surface area (Å²) in [7, 11) is 1.48. The maximum absolute atomic E-state index is 13.3. The molecular weight excluding hydrogens is 337 g/mol. The predicted molar refractivity (Wildman–Crippen MR) is 97.0 cm³/mol. The first kappa shape index (κ1) is 17.9. The van der Waals surface area contributed by atoms with Gasteiger partial charge in [0.05, 0.1) is 18.8 Å². The van der Waals surface area contributed by atoms with Crippen LogP contribution in [0.15, 0.2) is 42.5 Å². The Morgan fingerprint density at radius 1 is 1.19 bits per heavy atom. The smallest absolute Gasteiger partial charge is 0.255 e. The summed E-state index contributed by atoms with van der Waals surface area (Å²) in [5.74, 6) is -0.639. The van der Waals surface area contributed by atoms with E-state index in [4.69, 9.17) is 4.74 Å². The molecule has 3 rings (SSSR count). The molecule has 1 fully saturated rings. The number of amides is 2. The Balaban J connectivity index is 1.76. The first-order valence-corrected chi connectivity index (χ1v) is 8.36. The average molecular weight is 357 g/mol. The molecule has 2 aromatic rings. The molecule has 2 aromatic carbocycles. The van der Waals surface area contributed by atoms with Gasteiger partial charge in [-0.15, -0.1) is 0 Å². The summed E-state index contributed by atoms with van der Waals surface area (Å²) in [5, 5.41) is 8.65. The van der Waals surface area contributed by atoms with Crippen molar-refractivity contribution >= 4 is 23.2 Å². The topological polar surface area (TPSA) is 79.5 Å². The van der Waals surface area contributed by atoms with E-state index in [1.54, 1.807) is 18.2 Å². The summed E-state index contributed by atoms with van der Waals surface area (Å²) in [6.45, 7) is 0.829. The third-order valence-corrected chi connectivity index (χ3v) is 4.18. The van der Waals surface area contributed by atoms with E-state index in [2.05, 4.69) is 16.0 Å². The van der Waals surface area contributed by atoms with Gasteiger partial charge in [-0.3, -0.25) is 9.59 Å². The number of nitrogens with one attached hydrogen (secondary N) is 3. The minimum absolute atomic E-state index is 0.116. The third kappa shape index (κ3) is 4.18. The lowest BCUT2D eigenvalue weighted by molar-refractivity contribution is -0.117. The van der Waals surface area contributed by atoms with E-state index in [0.717, 1.165) is 25.5 Å². The Morgan fingerprint density at radius 3 is 2.73 bits per heavy atom. The zero-order valence-electron chi connectivity index (χ0n) is 14.3. The highest BCUT2D eigenvalue weighted by atomic mass is 19.1. The Labute approximate surface area is 150 Å². The van der Waals surface area contributed by atoms with Crippen LogP contribution in [0.4, 0.5) is 15.8 Å². The number of rotatable bonds is 5. The Hall–Kier alpha value is -2.93. The average Bonchev–Trinajstić information content (AvgIpc) is 3.17. The molecule has 0 saturated carbocycles. The fourth-order valence-corrected chi connectivity index (χ4v) is 2.85. The standard InChI is InChI=1S/C19H20FN3O3/c1-26-17-8-7-14(22-19(25)15-6-3-9-21-15)11-16(17)23-18(24)12-4-2-5-13(20)10-12/h2,4-5,7-8,10-11,15,21H,3,6,9H2,1H3,(H,22,25)(H,23,24). The fraction of sp³-hybridized carbons (Fsp3) is 0.263. The first-order chi connectivity index (χ1) is 12.6. The number of methoxy groups -OCH3 is 1. The molecule has 1 unspecified atom stereocenters. The highest BCUT2D eigenvalue weighted by Gasteiger charge is 2.22. The van der Waals surface area contributed by atoms with E-state index in [9.17, 15) is 14.0 Å². The molecule has 1 atom stereocenters. The molecule has 0 aromatic heterocycles. The molecule has 6 nitrogen and oxygen atoms in total. The van der Waals surface area contributed by atoms with Gasteiger partial charge in [-0.25, -0.2) is 4.39 Å². The second kappa shape index (κ2) is 7.97. The largest absolute Gasteiger partial charge is 0.495 e. The van der Waals surface area contributed by atoms with Crippen LogP contribution in [0, 0.1) is 5.82 Å². The van der Waals surface area contributed by atoms with E-state index in [-0.39, 0.29) is 17.5 Å². The molecule has 26 heavy (non-hydrogen) atoms. The summed E-state index contributed by atoms with van der Waals surface area (Å²) in [4.78, 5) is 24.6. The number of hydrogen-bond donors (Lipinski definition) is 3. The van der Waals surface area contributed by atoms with Gasteiger partial charge >= 0.3 is 0 Å². The normalized spacial score (nSPS) is 16.2. The summed E-state index contributed by atoms with van der Waals surface area (Å²) in [6, 6.07) is 10.2. The molecule has 2 amide bonds. The second-order valence-corrected chi connectivity index (χ2v) is 6.02. The number of hydrogen-bond acceptors (Lipinski definition) is 4. The van der Waals surface area contributed by atoms with Gasteiger partial charge in [0.15, 0.2) is 0 Å². The van der Waals surface area contributed by atoms with Crippen molar-refractivity contribution in [3.05, 3.63) is 53.8 Å². The minimum Gasteiger partial charge on any atom is -0.495 e. The Kier molecular flexibility index (Phi) is 5.48. The maximum atomic E-state index is 13.3. The zero-order chi connectivity index (χ0) is 18.5. The summed E-state index contributed by atoms with van der Waals surface area (Å²) in [5.41, 5.74) is 1.12. The van der Waals surface area contributed by atoms with Crippen LogP contribution in [0.3, 0.4) is 0 Å². The van der Waals surface area contributed by atoms with Crippen LogP contribution in [0.1, 0.15) is 23.2 Å². The highest BCUT2D eigenvalue weighted by molar-refractivity contribution is 6.05. The van der Waals surface area contributed by atoms with Crippen molar-refractivity contribution in [1.29, 1.82) is 0 Å². The van der Waals surface area contributed by atoms with Crippen LogP contribution in [-0.2, 0) is 4.79 Å². The molecule has 0 radical (unpaired) electrons. The van der Waals surface area contributed by atoms with Crippen LogP contribution >= 0.6 is 0 Å². The van der Waals surface area contributed by atoms with Crippen molar-refractivity contribution in [3.63, 3.8) is 0 Å². The van der Waals surface area contributed by atoms with Gasteiger partial charge in [-0.2, -0.15) is 0 Å². The van der Waals surface area contributed by atoms with Gasteiger partial charge < -0.3 is 20.7 Å². The van der Waals surface area contributed by atoms with Crippen LogP contribution in [0.25, 0.3) is 0 Å². The molecule has 1 heterocycles. The van der Waals surface area contributed by atoms with Gasteiger partial charge in [-0.1, -0.05) is 6.07 Å². The molecule has 0 spiro atoms. The van der Waals surface area contributed by atoms with Crippen molar-refractivity contribution in [2.75, 3.05) is 24.3 Å². The van der Waals surface area contributed by atoms with E-state index < -0.39 is 11.7 Å². The van der Waals surface area contributed by atoms with Crippen molar-refractivity contribution in [1.82, 2.24) is 5.32 Å². The predicted octanol–water partition coefficient (Wildman–Crippen LogP) is 2.78. The van der Waals surface area contributed by atoms with Crippen molar-refractivity contribution in [2.45, 2.75) is 18.9 Å². The number of anilines is 2. The molecule has 3 N–H and O–H groups in total. The molecule has 1 aliphatic rings. The molecule has 0 aliphatic carbocycles. The minimum atomic E-state index is -0.491. The number of ether oxygens (including phenoxy) is 1. The van der Waals surface area contributed by atoms with E-state index >= 15 is 0 Å². The number of carbonyl (C=O) groups is 2. The van der Waals surface area contributed by atoms with Crippen LogP contribution in [0.5, 0.6) is 5.75 Å². The molecule has 1 saturated heterocycles. The lowest BCUT2D eigenvalue weighted by Gasteiger charge is -2.15. The molecule has 136 valence electrons. The Bertz CT molecular complexity index is 819. The van der Waals surface area contributed by atoms with Gasteiger partial charge in [0.1, 0.15) is 11.6 Å². The van der Waals surface area contributed by atoms with E-state index in [0.29, 0.717) is 17.1 Å². The Morgan fingerprint density at radius 2 is 2.04 bits per heavy atom. The van der Waals surface area contributed by atoms with Crippen molar-refractivity contribution in [3.8, 4) is 5.75 Å². The SMILES string of the molecule is COc1ccc(NC(=O)C2CCCN2)cc1NC(=O)c1cccc(F)c1. The summed E-state index contributed by atoms with van der Waals surface area (Å²) in [6.07, 6.45) is 1.76. The van der Waals surface area contributed by atoms with Crippen LogP contribution in [-0.4, -0.2) is 31.5 Å². The third-order valence-electron chi connectivity index (χ3n) is 4.18. The van der Waals surface area contributed by atoms with Crippen molar-refractivity contribution < 1.29 is 18.7 Å². The monoisotopic (exact) mass is 357 g/mol. The van der Waals surface area contributed by atoms with Gasteiger partial charge in [0, 0.05) is 11.3 Å². The zero-order valence-corrected chi connectivity index (χ0v) is 14.3. The number of carbonyl (C=O) groups excluding carboxylic acids is 2. The summed E-state index contributed by atoms with van der Waals surface area (Å²) < 4.78 is 18.6. The molecule has 7 heteroatoms. The maximum Gasteiger partial charge on any atom is 0.255 e. The van der Waals surface area contributed by atoms with Crippen LogP contribution in [0.2, 0.25) is 0 Å². The number of halogens is 1. The van der Waals surface area contributed by atoms with Gasteiger partial charge in [0.25, 0.3) is 5.91 Å². The fourth-order valence-electron chi connectivity index (χ4n) is 2.85. The first-order valence-electron chi connectivity index (χ1n) is 8.36. The summed E-state index contributed by atoms with van der Waals surface area (Å²) >= 11 is 0. The lowest BCUT2D eigenvalue weighted by atomic mass is 10.2. The van der Waals surface area contributed by atoms with Crippen molar-refractivity contribution in [2.24, 2.45) is 0 Å². The number of benzene rings is 2. The van der Waals surface area contributed by atoms with Gasteiger partial charge in [-0.05, 0) is 55.8 Å². The quantitative estimate of drug-likeness (QED) is 0.769.